The molecule has 0 spiro atoms. The van der Waals surface area contributed by atoms with Crippen LogP contribution in [0.5, 0.6) is 0 Å². The second kappa shape index (κ2) is 5.66. The van der Waals surface area contributed by atoms with Gasteiger partial charge >= 0.3 is 0 Å². The maximum absolute atomic E-state index is 4.91. The monoisotopic (exact) mass is 188 g/mol. The second-order valence-electron chi connectivity index (χ2n) is 2.56. The molecule has 72 valence electrons. The molecule has 4 nitrogen and oxygen atoms in total. The number of nitrogens with one attached hydrogen (secondary N) is 1. The Morgan fingerprint density at radius 1 is 1.36 bits per heavy atom. The van der Waals surface area contributed by atoms with Crippen molar-refractivity contribution in [3.8, 4) is 0 Å². The molecule has 4 heteroatoms. The molecule has 0 aliphatic heterocycles. The average Bonchev–Trinajstić information content (AvgIpc) is 2.25. The molecule has 0 aromatic heterocycles. The standard InChI is InChI=1S/C10H12N4/c1-9(12-14-13-11)7-8-10-5-3-2-4-6-10/h2-8H,1H2,(H2,11,14)(H,12,13)/b8-7+. The Morgan fingerprint density at radius 3 is 2.71 bits per heavy atom. The molecule has 14 heavy (non-hydrogen) atoms. The third-order valence-electron chi connectivity index (χ3n) is 1.50. The van der Waals surface area contributed by atoms with Gasteiger partial charge in [-0.3, -0.25) is 0 Å². The maximum atomic E-state index is 4.91. The van der Waals surface area contributed by atoms with Gasteiger partial charge in [-0.15, -0.1) is 5.11 Å². The van der Waals surface area contributed by atoms with Crippen LogP contribution >= 0.6 is 0 Å². The van der Waals surface area contributed by atoms with Crippen molar-refractivity contribution in [1.82, 2.24) is 5.53 Å². The molecule has 0 saturated carbocycles. The number of nitrogens with two attached hydrogens (primary N) is 1. The van der Waals surface area contributed by atoms with Crippen LogP contribution in [0.3, 0.4) is 0 Å². The lowest BCUT2D eigenvalue weighted by molar-refractivity contribution is 0.739. The van der Waals surface area contributed by atoms with Gasteiger partial charge in [0.1, 0.15) is 0 Å². The number of rotatable bonds is 4. The Bertz CT molecular complexity index is 340. The van der Waals surface area contributed by atoms with Gasteiger partial charge in [0.25, 0.3) is 0 Å². The van der Waals surface area contributed by atoms with Crippen LogP contribution in [0.4, 0.5) is 0 Å². The summed E-state index contributed by atoms with van der Waals surface area (Å²) in [7, 11) is 0. The number of hydrogen-bond acceptors (Lipinski definition) is 3. The lowest BCUT2D eigenvalue weighted by Crippen LogP contribution is -2.12. The predicted octanol–water partition coefficient (Wildman–Crippen LogP) is 2.04. The fourth-order valence-electron chi connectivity index (χ4n) is 0.883. The van der Waals surface area contributed by atoms with E-state index in [0.29, 0.717) is 5.70 Å². The van der Waals surface area contributed by atoms with E-state index in [1.165, 1.54) is 0 Å². The van der Waals surface area contributed by atoms with E-state index in [2.05, 4.69) is 22.5 Å². The summed E-state index contributed by atoms with van der Waals surface area (Å²) in [5.41, 5.74) is 3.68. The molecule has 0 fully saturated rings. The van der Waals surface area contributed by atoms with E-state index in [4.69, 9.17) is 5.84 Å². The third-order valence-corrected chi connectivity index (χ3v) is 1.50. The van der Waals surface area contributed by atoms with Gasteiger partial charge in [0, 0.05) is 0 Å². The molecule has 0 bridgehead atoms. The zero-order chi connectivity index (χ0) is 10.2. The van der Waals surface area contributed by atoms with E-state index < -0.39 is 0 Å². The Balaban J connectivity index is 2.56. The molecule has 3 N–H and O–H groups in total. The molecule has 0 aliphatic rings. The molecule has 0 radical (unpaired) electrons. The summed E-state index contributed by atoms with van der Waals surface area (Å²) in [6.07, 6.45) is 3.66. The first-order valence-corrected chi connectivity index (χ1v) is 4.11. The summed E-state index contributed by atoms with van der Waals surface area (Å²) in [5, 5.41) is 7.05. The summed E-state index contributed by atoms with van der Waals surface area (Å²) in [6.45, 7) is 3.66. The molecule has 1 aromatic rings. The SMILES string of the molecule is C=C(/C=C/c1ccccc1)/N=N\NN. The van der Waals surface area contributed by atoms with Crippen molar-refractivity contribution < 1.29 is 0 Å². The quantitative estimate of drug-likeness (QED) is 0.329. The first-order chi connectivity index (χ1) is 6.83. The smallest absolute Gasteiger partial charge is 0.0803 e. The van der Waals surface area contributed by atoms with Gasteiger partial charge in [0.05, 0.1) is 5.70 Å². The van der Waals surface area contributed by atoms with Gasteiger partial charge < -0.3 is 0 Å². The van der Waals surface area contributed by atoms with Crippen molar-refractivity contribution in [2.24, 2.45) is 16.2 Å². The van der Waals surface area contributed by atoms with Crippen LogP contribution in [0, 0.1) is 0 Å². The highest BCUT2D eigenvalue weighted by Gasteiger charge is 1.84. The minimum Gasteiger partial charge on any atom is -0.233 e. The van der Waals surface area contributed by atoms with Gasteiger partial charge in [0.2, 0.25) is 0 Å². The molecule has 0 amide bonds. The fourth-order valence-corrected chi connectivity index (χ4v) is 0.883. The molecular weight excluding hydrogens is 176 g/mol. The zero-order valence-corrected chi connectivity index (χ0v) is 7.72. The normalized spacial score (nSPS) is 10.9. The number of hydrazine groups is 1. The van der Waals surface area contributed by atoms with Gasteiger partial charge in [0.15, 0.2) is 0 Å². The Kier molecular flexibility index (Phi) is 4.10. The highest BCUT2D eigenvalue weighted by Crippen LogP contribution is 2.04. The first kappa shape index (κ1) is 10.1. The van der Waals surface area contributed by atoms with Gasteiger partial charge in [-0.2, -0.15) is 0 Å². The van der Waals surface area contributed by atoms with Crippen molar-refractivity contribution in [3.05, 3.63) is 54.2 Å². The lowest BCUT2D eigenvalue weighted by atomic mass is 10.2. The number of benzene rings is 1. The molecular formula is C10H12N4. The fraction of sp³-hybridized carbons (Fsp3) is 0. The van der Waals surface area contributed by atoms with Crippen LogP contribution in [0.2, 0.25) is 0 Å². The van der Waals surface area contributed by atoms with E-state index in [1.807, 2.05) is 36.4 Å². The molecule has 0 heterocycles. The van der Waals surface area contributed by atoms with Gasteiger partial charge in [-0.1, -0.05) is 48.2 Å². The largest absolute Gasteiger partial charge is 0.233 e. The first-order valence-electron chi connectivity index (χ1n) is 4.11. The number of allylic oxidation sites excluding steroid dienone is 1. The van der Waals surface area contributed by atoms with Crippen LogP contribution < -0.4 is 11.4 Å². The second-order valence-corrected chi connectivity index (χ2v) is 2.56. The van der Waals surface area contributed by atoms with Crippen molar-refractivity contribution >= 4 is 6.08 Å². The summed E-state index contributed by atoms with van der Waals surface area (Å²) < 4.78 is 0. The summed E-state index contributed by atoms with van der Waals surface area (Å²) >= 11 is 0. The van der Waals surface area contributed by atoms with Gasteiger partial charge in [-0.25, -0.2) is 11.4 Å². The van der Waals surface area contributed by atoms with Crippen molar-refractivity contribution in [1.29, 1.82) is 0 Å². The minimum atomic E-state index is 0.534. The van der Waals surface area contributed by atoms with Crippen molar-refractivity contribution in [3.63, 3.8) is 0 Å². The molecule has 0 saturated heterocycles. The summed E-state index contributed by atoms with van der Waals surface area (Å²) in [6, 6.07) is 9.87. The van der Waals surface area contributed by atoms with E-state index in [1.54, 1.807) is 6.08 Å². The van der Waals surface area contributed by atoms with E-state index >= 15 is 0 Å². The van der Waals surface area contributed by atoms with Crippen molar-refractivity contribution in [2.75, 3.05) is 0 Å². The third kappa shape index (κ3) is 3.64. The maximum Gasteiger partial charge on any atom is 0.0803 e. The van der Waals surface area contributed by atoms with Crippen LogP contribution in [-0.2, 0) is 0 Å². The van der Waals surface area contributed by atoms with Crippen molar-refractivity contribution in [2.45, 2.75) is 0 Å². The summed E-state index contributed by atoms with van der Waals surface area (Å²) in [5.74, 6) is 4.91. The highest BCUT2D eigenvalue weighted by molar-refractivity contribution is 5.51. The average molecular weight is 188 g/mol. The van der Waals surface area contributed by atoms with E-state index in [9.17, 15) is 0 Å². The minimum absolute atomic E-state index is 0.534. The van der Waals surface area contributed by atoms with Crippen LogP contribution in [0.1, 0.15) is 5.56 Å². The number of nitrogens with zero attached hydrogens (tertiary/aromatic N) is 2. The zero-order valence-electron chi connectivity index (χ0n) is 7.72. The number of hydrogen-bond donors (Lipinski definition) is 2. The lowest BCUT2D eigenvalue weighted by Gasteiger charge is -1.91. The molecule has 0 atom stereocenters. The van der Waals surface area contributed by atoms with Crippen LogP contribution in [0.25, 0.3) is 6.08 Å². The summed E-state index contributed by atoms with van der Waals surface area (Å²) in [4.78, 5) is 0. The molecule has 1 aromatic carbocycles. The Morgan fingerprint density at radius 2 is 2.07 bits per heavy atom. The van der Waals surface area contributed by atoms with Gasteiger partial charge in [-0.05, 0) is 11.6 Å². The Labute approximate surface area is 82.8 Å². The van der Waals surface area contributed by atoms with Crippen LogP contribution in [0.15, 0.2) is 59.0 Å². The Hall–Kier alpha value is -1.94. The highest BCUT2D eigenvalue weighted by atomic mass is 15.5. The molecule has 0 aliphatic carbocycles. The molecule has 0 unspecified atom stereocenters. The van der Waals surface area contributed by atoms with E-state index in [-0.39, 0.29) is 0 Å². The van der Waals surface area contributed by atoms with E-state index in [0.717, 1.165) is 5.56 Å². The van der Waals surface area contributed by atoms with Crippen LogP contribution in [-0.4, -0.2) is 0 Å². The topological polar surface area (TPSA) is 62.8 Å². The predicted molar refractivity (Wildman–Crippen MR) is 56.8 cm³/mol. The molecule has 1 rings (SSSR count).